The van der Waals surface area contributed by atoms with Crippen LogP contribution in [0.15, 0.2) is 27.9 Å². The van der Waals surface area contributed by atoms with E-state index >= 15 is 0 Å². The lowest BCUT2D eigenvalue weighted by Gasteiger charge is -2.11. The van der Waals surface area contributed by atoms with E-state index in [1.807, 2.05) is 0 Å². The van der Waals surface area contributed by atoms with Gasteiger partial charge in [0.25, 0.3) is 0 Å². The average molecular weight is 260 g/mol. The molecule has 0 spiro atoms. The normalized spacial score (nSPS) is 12.8. The maximum atomic E-state index is 3.78. The molecular formula is C10H14BrNS. The summed E-state index contributed by atoms with van der Waals surface area (Å²) in [4.78, 5) is 0. The van der Waals surface area contributed by atoms with E-state index < -0.39 is 0 Å². The lowest BCUT2D eigenvalue weighted by Crippen LogP contribution is -2.28. The van der Waals surface area contributed by atoms with E-state index in [4.69, 9.17) is 0 Å². The van der Waals surface area contributed by atoms with Crippen molar-refractivity contribution in [3.63, 3.8) is 0 Å². The zero-order chi connectivity index (χ0) is 9.68. The summed E-state index contributed by atoms with van der Waals surface area (Å²) in [5.74, 6) is 0. The fourth-order valence-corrected chi connectivity index (χ4v) is 1.96. The first kappa shape index (κ1) is 11.0. The van der Waals surface area contributed by atoms with Crippen molar-refractivity contribution in [3.8, 4) is 0 Å². The van der Waals surface area contributed by atoms with Gasteiger partial charge in [0.05, 0.1) is 0 Å². The van der Waals surface area contributed by atoms with Gasteiger partial charge in [-0.05, 0) is 35.7 Å². The van der Waals surface area contributed by atoms with Gasteiger partial charge in [0, 0.05) is 17.1 Å². The van der Waals surface area contributed by atoms with Gasteiger partial charge in [-0.3, -0.25) is 0 Å². The van der Waals surface area contributed by atoms with Crippen LogP contribution >= 0.6 is 27.3 Å². The molecule has 1 aromatic rings. The Morgan fingerprint density at radius 2 is 2.54 bits per heavy atom. The molecule has 1 aromatic heterocycles. The molecule has 3 heteroatoms. The van der Waals surface area contributed by atoms with E-state index in [0.29, 0.717) is 6.04 Å². The summed E-state index contributed by atoms with van der Waals surface area (Å²) in [5.41, 5.74) is 1.41. The van der Waals surface area contributed by atoms with Crippen molar-refractivity contribution in [2.75, 3.05) is 6.54 Å². The SMILES string of the molecule is C=C(Br)CNC(C)Cc1ccsc1. The highest BCUT2D eigenvalue weighted by molar-refractivity contribution is 9.11. The van der Waals surface area contributed by atoms with Gasteiger partial charge < -0.3 is 5.32 Å². The highest BCUT2D eigenvalue weighted by atomic mass is 79.9. The Hall–Kier alpha value is -0.120. The molecule has 0 aromatic carbocycles. The van der Waals surface area contributed by atoms with Gasteiger partial charge in [0.2, 0.25) is 0 Å². The van der Waals surface area contributed by atoms with Crippen molar-refractivity contribution in [2.45, 2.75) is 19.4 Å². The van der Waals surface area contributed by atoms with Gasteiger partial charge in [-0.2, -0.15) is 11.3 Å². The van der Waals surface area contributed by atoms with Gasteiger partial charge in [-0.1, -0.05) is 22.5 Å². The smallest absolute Gasteiger partial charge is 0.0268 e. The van der Waals surface area contributed by atoms with Gasteiger partial charge in [0.1, 0.15) is 0 Å². The molecule has 0 radical (unpaired) electrons. The summed E-state index contributed by atoms with van der Waals surface area (Å²) in [6.07, 6.45) is 1.09. The second-order valence-electron chi connectivity index (χ2n) is 3.13. The molecule has 13 heavy (non-hydrogen) atoms. The molecule has 0 fully saturated rings. The molecule has 1 nitrogen and oxygen atoms in total. The summed E-state index contributed by atoms with van der Waals surface area (Å²) >= 11 is 5.08. The molecule has 0 aliphatic rings. The van der Waals surface area contributed by atoms with Crippen LogP contribution in [0.2, 0.25) is 0 Å². The Bertz CT molecular complexity index is 256. The predicted molar refractivity (Wildman–Crippen MR) is 63.6 cm³/mol. The minimum atomic E-state index is 0.504. The maximum Gasteiger partial charge on any atom is 0.0268 e. The number of hydrogen-bond acceptors (Lipinski definition) is 2. The Labute approximate surface area is 92.0 Å². The topological polar surface area (TPSA) is 12.0 Å². The Balaban J connectivity index is 2.25. The molecule has 72 valence electrons. The number of hydrogen-bond donors (Lipinski definition) is 1. The zero-order valence-electron chi connectivity index (χ0n) is 7.72. The lowest BCUT2D eigenvalue weighted by atomic mass is 10.1. The second-order valence-corrected chi connectivity index (χ2v) is 5.04. The molecule has 1 N–H and O–H groups in total. The second kappa shape index (κ2) is 5.58. The van der Waals surface area contributed by atoms with Crippen LogP contribution < -0.4 is 5.32 Å². The van der Waals surface area contributed by atoms with Crippen LogP contribution in [0.3, 0.4) is 0 Å². The Morgan fingerprint density at radius 3 is 3.08 bits per heavy atom. The van der Waals surface area contributed by atoms with Crippen LogP contribution in [0.1, 0.15) is 12.5 Å². The van der Waals surface area contributed by atoms with E-state index in [0.717, 1.165) is 17.4 Å². The molecule has 0 bridgehead atoms. The third kappa shape index (κ3) is 4.60. The van der Waals surface area contributed by atoms with Gasteiger partial charge in [0.15, 0.2) is 0 Å². The van der Waals surface area contributed by atoms with Crippen molar-refractivity contribution >= 4 is 27.3 Å². The monoisotopic (exact) mass is 259 g/mol. The van der Waals surface area contributed by atoms with Crippen molar-refractivity contribution in [1.29, 1.82) is 0 Å². The largest absolute Gasteiger partial charge is 0.309 e. The highest BCUT2D eigenvalue weighted by Crippen LogP contribution is 2.08. The molecule has 1 heterocycles. The molecular weight excluding hydrogens is 246 g/mol. The molecule has 0 aliphatic carbocycles. The third-order valence-corrected chi connectivity index (χ3v) is 2.78. The minimum absolute atomic E-state index is 0.504. The highest BCUT2D eigenvalue weighted by Gasteiger charge is 2.02. The van der Waals surface area contributed by atoms with E-state index in [-0.39, 0.29) is 0 Å². The van der Waals surface area contributed by atoms with E-state index in [1.54, 1.807) is 11.3 Å². The summed E-state index contributed by atoms with van der Waals surface area (Å²) in [6.45, 7) is 6.81. The number of rotatable bonds is 5. The molecule has 0 saturated heterocycles. The molecule has 0 aliphatic heterocycles. The van der Waals surface area contributed by atoms with Crippen LogP contribution in [0.5, 0.6) is 0 Å². The first-order chi connectivity index (χ1) is 6.18. The summed E-state index contributed by atoms with van der Waals surface area (Å²) < 4.78 is 1.00. The molecule has 0 amide bonds. The summed E-state index contributed by atoms with van der Waals surface area (Å²) in [7, 11) is 0. The first-order valence-corrected chi connectivity index (χ1v) is 6.00. The van der Waals surface area contributed by atoms with Crippen molar-refractivity contribution in [2.24, 2.45) is 0 Å². The van der Waals surface area contributed by atoms with Gasteiger partial charge in [-0.15, -0.1) is 0 Å². The molecule has 1 atom stereocenters. The predicted octanol–water partition coefficient (Wildman–Crippen LogP) is 3.18. The summed E-state index contributed by atoms with van der Waals surface area (Å²) in [6, 6.07) is 2.68. The minimum Gasteiger partial charge on any atom is -0.309 e. The van der Waals surface area contributed by atoms with Crippen LogP contribution in [-0.4, -0.2) is 12.6 Å². The number of halogens is 1. The van der Waals surface area contributed by atoms with E-state index in [1.165, 1.54) is 5.56 Å². The zero-order valence-corrected chi connectivity index (χ0v) is 10.1. The van der Waals surface area contributed by atoms with E-state index in [9.17, 15) is 0 Å². The van der Waals surface area contributed by atoms with Crippen LogP contribution in [0.4, 0.5) is 0 Å². The van der Waals surface area contributed by atoms with Crippen molar-refractivity contribution in [3.05, 3.63) is 33.5 Å². The van der Waals surface area contributed by atoms with Gasteiger partial charge in [-0.25, -0.2) is 0 Å². The van der Waals surface area contributed by atoms with Crippen molar-refractivity contribution < 1.29 is 0 Å². The lowest BCUT2D eigenvalue weighted by molar-refractivity contribution is 0.580. The van der Waals surface area contributed by atoms with Crippen LogP contribution in [0.25, 0.3) is 0 Å². The number of thiophene rings is 1. The Morgan fingerprint density at radius 1 is 1.77 bits per heavy atom. The quantitative estimate of drug-likeness (QED) is 0.857. The fourth-order valence-electron chi connectivity index (χ4n) is 1.12. The van der Waals surface area contributed by atoms with E-state index in [2.05, 4.69) is 51.6 Å². The number of nitrogens with one attached hydrogen (secondary N) is 1. The Kier molecular flexibility index (Phi) is 4.70. The molecule has 1 rings (SSSR count). The molecule has 0 saturated carbocycles. The first-order valence-electron chi connectivity index (χ1n) is 4.26. The fraction of sp³-hybridized carbons (Fsp3) is 0.400. The standard InChI is InChI=1S/C10H14BrNS/c1-8(11)6-12-9(2)5-10-3-4-13-7-10/h3-4,7,9,12H,1,5-6H2,2H3. The summed E-state index contributed by atoms with van der Waals surface area (Å²) in [5, 5.41) is 7.69. The maximum absolute atomic E-state index is 3.78. The third-order valence-electron chi connectivity index (χ3n) is 1.76. The van der Waals surface area contributed by atoms with Crippen LogP contribution in [0, 0.1) is 0 Å². The molecule has 1 unspecified atom stereocenters. The van der Waals surface area contributed by atoms with Crippen molar-refractivity contribution in [1.82, 2.24) is 5.32 Å². The average Bonchev–Trinajstić information content (AvgIpc) is 2.53. The van der Waals surface area contributed by atoms with Crippen LogP contribution in [-0.2, 0) is 6.42 Å². The van der Waals surface area contributed by atoms with Gasteiger partial charge >= 0.3 is 0 Å².